The van der Waals surface area contributed by atoms with Crippen molar-refractivity contribution in [2.45, 2.75) is 6.18 Å². The number of thiocarbonyl (C=S) groups is 1. The molecule has 3 aromatic rings. The van der Waals surface area contributed by atoms with Crippen molar-refractivity contribution >= 4 is 51.6 Å². The van der Waals surface area contributed by atoms with E-state index in [1.807, 2.05) is 42.5 Å². The predicted octanol–water partition coefficient (Wildman–Crippen LogP) is 5.83. The Hall–Kier alpha value is -2.64. The molecule has 0 aromatic heterocycles. The van der Waals surface area contributed by atoms with Gasteiger partial charge in [0, 0.05) is 5.56 Å². The van der Waals surface area contributed by atoms with Gasteiger partial charge in [-0.3, -0.25) is 5.43 Å². The van der Waals surface area contributed by atoms with E-state index in [4.69, 9.17) is 23.8 Å². The van der Waals surface area contributed by atoms with Gasteiger partial charge >= 0.3 is 6.18 Å². The molecule has 0 aliphatic carbocycles. The fourth-order valence-electron chi connectivity index (χ4n) is 2.47. The Balaban J connectivity index is 1.70. The fraction of sp³-hybridized carbons (Fsp3) is 0.0526. The summed E-state index contributed by atoms with van der Waals surface area (Å²) in [7, 11) is 0. The second kappa shape index (κ2) is 7.94. The summed E-state index contributed by atoms with van der Waals surface area (Å²) in [5.41, 5.74) is 2.68. The Morgan fingerprint density at radius 2 is 1.78 bits per heavy atom. The van der Waals surface area contributed by atoms with E-state index in [-0.39, 0.29) is 15.8 Å². The lowest BCUT2D eigenvalue weighted by Crippen LogP contribution is -2.24. The lowest BCUT2D eigenvalue weighted by molar-refractivity contribution is -0.137. The molecule has 0 saturated heterocycles. The Bertz CT molecular complexity index is 1010. The van der Waals surface area contributed by atoms with Gasteiger partial charge in [-0.1, -0.05) is 54.1 Å². The van der Waals surface area contributed by atoms with E-state index in [0.29, 0.717) is 0 Å². The fourth-order valence-corrected chi connectivity index (χ4v) is 2.80. The third-order valence-electron chi connectivity index (χ3n) is 3.73. The maximum Gasteiger partial charge on any atom is 0.416 e. The topological polar surface area (TPSA) is 36.4 Å². The zero-order valence-electron chi connectivity index (χ0n) is 13.7. The summed E-state index contributed by atoms with van der Waals surface area (Å²) in [6.45, 7) is 0. The number of hydrogen-bond donors (Lipinski definition) is 2. The van der Waals surface area contributed by atoms with Gasteiger partial charge < -0.3 is 5.32 Å². The SMILES string of the molecule is FC(F)(F)c1ccc(Cl)c(NC(=S)N/N=C\c2cccc3ccccc23)c1. The zero-order chi connectivity index (χ0) is 19.4. The van der Waals surface area contributed by atoms with Gasteiger partial charge in [0.1, 0.15) is 0 Å². The number of rotatable bonds is 3. The Kier molecular flexibility index (Phi) is 5.62. The van der Waals surface area contributed by atoms with Crippen molar-refractivity contribution in [3.05, 3.63) is 76.8 Å². The smallest absolute Gasteiger partial charge is 0.330 e. The number of anilines is 1. The van der Waals surface area contributed by atoms with Gasteiger partial charge in [0.15, 0.2) is 5.11 Å². The maximum atomic E-state index is 12.8. The molecule has 138 valence electrons. The van der Waals surface area contributed by atoms with Crippen LogP contribution < -0.4 is 10.7 Å². The highest BCUT2D eigenvalue weighted by Crippen LogP contribution is 2.33. The van der Waals surface area contributed by atoms with E-state index in [9.17, 15) is 13.2 Å². The molecule has 0 atom stereocenters. The van der Waals surface area contributed by atoms with Gasteiger partial charge in [0.25, 0.3) is 0 Å². The van der Waals surface area contributed by atoms with Crippen LogP contribution >= 0.6 is 23.8 Å². The van der Waals surface area contributed by atoms with Crippen LogP contribution in [0, 0.1) is 0 Å². The van der Waals surface area contributed by atoms with E-state index < -0.39 is 11.7 Å². The number of benzene rings is 3. The van der Waals surface area contributed by atoms with Crippen molar-refractivity contribution in [3.8, 4) is 0 Å². The number of nitrogens with one attached hydrogen (secondary N) is 2. The first-order chi connectivity index (χ1) is 12.8. The molecule has 0 bridgehead atoms. The van der Waals surface area contributed by atoms with Crippen molar-refractivity contribution in [2.75, 3.05) is 5.32 Å². The van der Waals surface area contributed by atoms with Crippen LogP contribution in [-0.4, -0.2) is 11.3 Å². The number of hydrogen-bond acceptors (Lipinski definition) is 2. The number of nitrogens with zero attached hydrogens (tertiary/aromatic N) is 1. The van der Waals surface area contributed by atoms with Crippen LogP contribution in [0.15, 0.2) is 65.8 Å². The van der Waals surface area contributed by atoms with Gasteiger partial charge in [0.2, 0.25) is 0 Å². The lowest BCUT2D eigenvalue weighted by Gasteiger charge is -2.12. The number of halogens is 4. The third-order valence-corrected chi connectivity index (χ3v) is 4.26. The average Bonchev–Trinajstić information content (AvgIpc) is 2.63. The van der Waals surface area contributed by atoms with Crippen molar-refractivity contribution in [1.29, 1.82) is 0 Å². The van der Waals surface area contributed by atoms with Gasteiger partial charge in [-0.15, -0.1) is 0 Å². The van der Waals surface area contributed by atoms with Gasteiger partial charge in [-0.2, -0.15) is 18.3 Å². The van der Waals surface area contributed by atoms with E-state index >= 15 is 0 Å². The van der Waals surface area contributed by atoms with Crippen molar-refractivity contribution in [2.24, 2.45) is 5.10 Å². The first-order valence-corrected chi connectivity index (χ1v) is 8.58. The summed E-state index contributed by atoms with van der Waals surface area (Å²) in [4.78, 5) is 0. The molecule has 8 heteroatoms. The number of fused-ring (bicyclic) bond motifs is 1. The van der Waals surface area contributed by atoms with E-state index in [0.717, 1.165) is 34.5 Å². The van der Waals surface area contributed by atoms with Gasteiger partial charge in [-0.25, -0.2) is 0 Å². The summed E-state index contributed by atoms with van der Waals surface area (Å²) in [5.74, 6) is 0. The molecular weight excluding hydrogens is 395 g/mol. The molecule has 3 aromatic carbocycles. The van der Waals surface area contributed by atoms with Crippen molar-refractivity contribution in [3.63, 3.8) is 0 Å². The normalized spacial score (nSPS) is 11.7. The second-order valence-electron chi connectivity index (χ2n) is 5.58. The summed E-state index contributed by atoms with van der Waals surface area (Å²) < 4.78 is 38.4. The highest BCUT2D eigenvalue weighted by Gasteiger charge is 2.31. The lowest BCUT2D eigenvalue weighted by atomic mass is 10.1. The van der Waals surface area contributed by atoms with Crippen molar-refractivity contribution in [1.82, 2.24) is 5.43 Å². The summed E-state index contributed by atoms with van der Waals surface area (Å²) in [6.07, 6.45) is -2.88. The molecule has 0 aliphatic rings. The molecular formula is C19H13ClF3N3S. The van der Waals surface area contributed by atoms with Crippen LogP contribution in [-0.2, 0) is 6.18 Å². The van der Waals surface area contributed by atoms with E-state index in [2.05, 4.69) is 15.8 Å². The summed E-state index contributed by atoms with van der Waals surface area (Å²) >= 11 is 11.0. The second-order valence-corrected chi connectivity index (χ2v) is 6.40. The Morgan fingerprint density at radius 1 is 1.04 bits per heavy atom. The third kappa shape index (κ3) is 4.75. The minimum absolute atomic E-state index is 0.0210. The summed E-state index contributed by atoms with van der Waals surface area (Å²) in [6, 6.07) is 16.6. The molecule has 0 amide bonds. The Morgan fingerprint density at radius 3 is 2.56 bits per heavy atom. The first kappa shape index (κ1) is 19.1. The van der Waals surface area contributed by atoms with E-state index in [1.165, 1.54) is 0 Å². The zero-order valence-corrected chi connectivity index (χ0v) is 15.3. The van der Waals surface area contributed by atoms with Crippen molar-refractivity contribution < 1.29 is 13.2 Å². The average molecular weight is 408 g/mol. The molecule has 3 rings (SSSR count). The molecule has 3 nitrogen and oxygen atoms in total. The molecule has 2 N–H and O–H groups in total. The minimum atomic E-state index is -4.47. The monoisotopic (exact) mass is 407 g/mol. The minimum Gasteiger partial charge on any atom is -0.330 e. The maximum absolute atomic E-state index is 12.8. The molecule has 0 saturated carbocycles. The van der Waals surface area contributed by atoms with Crippen LogP contribution in [0.4, 0.5) is 18.9 Å². The number of hydrazone groups is 1. The molecule has 0 spiro atoms. The first-order valence-electron chi connectivity index (χ1n) is 7.79. The van der Waals surface area contributed by atoms with Gasteiger partial charge in [-0.05, 0) is 41.2 Å². The highest BCUT2D eigenvalue weighted by atomic mass is 35.5. The molecule has 0 aliphatic heterocycles. The van der Waals surface area contributed by atoms with Crippen LogP contribution in [0.3, 0.4) is 0 Å². The van der Waals surface area contributed by atoms with Crippen LogP contribution in [0.2, 0.25) is 5.02 Å². The molecule has 0 heterocycles. The molecule has 0 unspecified atom stereocenters. The number of alkyl halides is 3. The predicted molar refractivity (Wildman–Crippen MR) is 107 cm³/mol. The molecule has 0 fully saturated rings. The summed E-state index contributed by atoms with van der Waals surface area (Å²) in [5, 5.41) is 8.89. The van der Waals surface area contributed by atoms with Crippen LogP contribution in [0.25, 0.3) is 10.8 Å². The van der Waals surface area contributed by atoms with E-state index in [1.54, 1.807) is 6.21 Å². The molecule has 0 radical (unpaired) electrons. The standard InChI is InChI=1S/C19H13ClF3N3S/c20-16-9-8-14(19(21,22)23)10-17(16)25-18(27)26-24-11-13-6-3-5-12-4-1-2-7-15(12)13/h1-11H,(H2,25,26,27)/b24-11-. The quantitative estimate of drug-likeness (QED) is 0.325. The van der Waals surface area contributed by atoms with Crippen LogP contribution in [0.5, 0.6) is 0 Å². The highest BCUT2D eigenvalue weighted by molar-refractivity contribution is 7.80. The Labute approximate surface area is 163 Å². The van der Waals surface area contributed by atoms with Crippen LogP contribution in [0.1, 0.15) is 11.1 Å². The molecule has 27 heavy (non-hydrogen) atoms. The van der Waals surface area contributed by atoms with Gasteiger partial charge in [0.05, 0.1) is 22.5 Å². The largest absolute Gasteiger partial charge is 0.416 e.